The highest BCUT2D eigenvalue weighted by molar-refractivity contribution is 6.05. The van der Waals surface area contributed by atoms with Gasteiger partial charge < -0.3 is 10.2 Å². The predicted molar refractivity (Wildman–Crippen MR) is 104 cm³/mol. The number of hydrogen-bond acceptors (Lipinski definition) is 4. The first kappa shape index (κ1) is 19.2. The number of rotatable bonds is 6. The lowest BCUT2D eigenvalue weighted by Gasteiger charge is -2.15. The summed E-state index contributed by atoms with van der Waals surface area (Å²) in [5.41, 5.74) is 5.17. The van der Waals surface area contributed by atoms with Crippen LogP contribution in [0.4, 0.5) is 5.69 Å². The lowest BCUT2D eigenvalue weighted by molar-refractivity contribution is -0.121. The number of hydrazine groups is 1. The van der Waals surface area contributed by atoms with E-state index in [9.17, 15) is 9.59 Å². The molecule has 26 heavy (non-hydrogen) atoms. The molecule has 0 fully saturated rings. The molecule has 0 saturated heterocycles. The molecular weight excluding hydrogens is 328 g/mol. The van der Waals surface area contributed by atoms with Gasteiger partial charge in [-0.3, -0.25) is 15.0 Å². The third-order valence-corrected chi connectivity index (χ3v) is 3.57. The van der Waals surface area contributed by atoms with Crippen LogP contribution in [0.5, 0.6) is 0 Å². The zero-order valence-electron chi connectivity index (χ0n) is 15.5. The molecule has 0 spiro atoms. The minimum absolute atomic E-state index is 0.171. The van der Waals surface area contributed by atoms with Crippen molar-refractivity contribution < 1.29 is 9.59 Å². The summed E-state index contributed by atoms with van der Waals surface area (Å²) < 4.78 is 0. The Bertz CT molecular complexity index is 781. The van der Waals surface area contributed by atoms with Crippen molar-refractivity contribution in [2.24, 2.45) is 0 Å². The SMILES string of the molecule is CN(C)NC(=O)/C(=C\c1ccc(N(C)C)cc1)NC(=O)c1ccccc1. The zero-order chi connectivity index (χ0) is 19.1. The fourth-order valence-corrected chi connectivity index (χ4v) is 2.24. The second-order valence-electron chi connectivity index (χ2n) is 6.20. The number of amides is 2. The fraction of sp³-hybridized carbons (Fsp3) is 0.200. The van der Waals surface area contributed by atoms with E-state index < -0.39 is 5.91 Å². The maximum absolute atomic E-state index is 12.5. The van der Waals surface area contributed by atoms with E-state index in [1.54, 1.807) is 44.4 Å². The highest BCUT2D eigenvalue weighted by atomic mass is 16.2. The topological polar surface area (TPSA) is 64.7 Å². The molecule has 0 bridgehead atoms. The van der Waals surface area contributed by atoms with Crippen molar-refractivity contribution in [3.05, 3.63) is 71.4 Å². The Morgan fingerprint density at radius 3 is 2.04 bits per heavy atom. The van der Waals surface area contributed by atoms with E-state index in [1.807, 2.05) is 49.3 Å². The van der Waals surface area contributed by atoms with Crippen LogP contribution in [0, 0.1) is 0 Å². The van der Waals surface area contributed by atoms with Crippen molar-refractivity contribution in [3.8, 4) is 0 Å². The van der Waals surface area contributed by atoms with Crippen LogP contribution >= 0.6 is 0 Å². The van der Waals surface area contributed by atoms with Gasteiger partial charge in [-0.25, -0.2) is 5.01 Å². The van der Waals surface area contributed by atoms with Crippen LogP contribution in [0.3, 0.4) is 0 Å². The Hall–Kier alpha value is -3.12. The van der Waals surface area contributed by atoms with Crippen LogP contribution in [-0.2, 0) is 4.79 Å². The van der Waals surface area contributed by atoms with Crippen molar-refractivity contribution in [3.63, 3.8) is 0 Å². The van der Waals surface area contributed by atoms with Gasteiger partial charge in [0.15, 0.2) is 0 Å². The number of anilines is 1. The van der Waals surface area contributed by atoms with Crippen LogP contribution in [0.1, 0.15) is 15.9 Å². The summed E-state index contributed by atoms with van der Waals surface area (Å²) in [7, 11) is 7.34. The van der Waals surface area contributed by atoms with Crippen molar-refractivity contribution in [2.45, 2.75) is 0 Å². The molecule has 0 aliphatic rings. The third-order valence-electron chi connectivity index (χ3n) is 3.57. The Morgan fingerprint density at radius 2 is 1.50 bits per heavy atom. The van der Waals surface area contributed by atoms with Gasteiger partial charge >= 0.3 is 0 Å². The molecule has 2 rings (SSSR count). The van der Waals surface area contributed by atoms with E-state index in [0.29, 0.717) is 5.56 Å². The van der Waals surface area contributed by atoms with Crippen LogP contribution in [0.2, 0.25) is 0 Å². The van der Waals surface area contributed by atoms with Crippen LogP contribution < -0.4 is 15.6 Å². The van der Waals surface area contributed by atoms with Gasteiger partial charge in [0, 0.05) is 39.4 Å². The standard InChI is InChI=1S/C20H24N4O2/c1-23(2)17-12-10-15(11-13-17)14-18(20(26)22-24(3)4)21-19(25)16-8-6-5-7-9-16/h5-14H,1-4H3,(H,21,25)(H,22,26)/b18-14+. The van der Waals surface area contributed by atoms with Crippen molar-refractivity contribution in [1.29, 1.82) is 0 Å². The fourth-order valence-electron chi connectivity index (χ4n) is 2.24. The molecular formula is C20H24N4O2. The number of carbonyl (C=O) groups is 2. The van der Waals surface area contributed by atoms with Crippen molar-refractivity contribution >= 4 is 23.6 Å². The molecule has 2 amide bonds. The maximum atomic E-state index is 12.5. The Labute approximate surface area is 154 Å². The molecule has 0 aliphatic carbocycles. The van der Waals surface area contributed by atoms with Crippen LogP contribution in [0.15, 0.2) is 60.3 Å². The maximum Gasteiger partial charge on any atom is 0.282 e. The first-order chi connectivity index (χ1) is 12.4. The minimum atomic E-state index is -0.393. The first-order valence-electron chi connectivity index (χ1n) is 8.20. The number of carbonyl (C=O) groups excluding carboxylic acids is 2. The van der Waals surface area contributed by atoms with Crippen LogP contribution in [0.25, 0.3) is 6.08 Å². The lowest BCUT2D eigenvalue weighted by atomic mass is 10.1. The number of nitrogens with zero attached hydrogens (tertiary/aromatic N) is 2. The van der Waals surface area contributed by atoms with E-state index in [0.717, 1.165) is 11.3 Å². The summed E-state index contributed by atoms with van der Waals surface area (Å²) in [6.07, 6.45) is 1.65. The molecule has 0 heterocycles. The number of hydrogen-bond donors (Lipinski definition) is 2. The molecule has 0 aliphatic heterocycles. The van der Waals surface area contributed by atoms with Gasteiger partial charge in [-0.2, -0.15) is 0 Å². The van der Waals surface area contributed by atoms with Gasteiger partial charge in [0.05, 0.1) is 0 Å². The normalized spacial score (nSPS) is 11.2. The quantitative estimate of drug-likeness (QED) is 0.617. The molecule has 2 aromatic carbocycles. The Morgan fingerprint density at radius 1 is 0.885 bits per heavy atom. The average molecular weight is 352 g/mol. The third kappa shape index (κ3) is 5.46. The zero-order valence-corrected chi connectivity index (χ0v) is 15.5. The lowest BCUT2D eigenvalue weighted by Crippen LogP contribution is -2.41. The highest BCUT2D eigenvalue weighted by Crippen LogP contribution is 2.14. The summed E-state index contributed by atoms with van der Waals surface area (Å²) in [5, 5.41) is 4.23. The second kappa shape index (κ2) is 8.82. The van der Waals surface area contributed by atoms with Crippen LogP contribution in [-0.4, -0.2) is 45.0 Å². The van der Waals surface area contributed by atoms with Gasteiger partial charge in [0.25, 0.3) is 11.8 Å². The van der Waals surface area contributed by atoms with E-state index in [1.165, 1.54) is 5.01 Å². The molecule has 0 atom stereocenters. The van der Waals surface area contributed by atoms with E-state index in [2.05, 4.69) is 10.7 Å². The molecule has 136 valence electrons. The molecule has 0 saturated carbocycles. The Kier molecular flexibility index (Phi) is 6.52. The van der Waals surface area contributed by atoms with Crippen molar-refractivity contribution in [2.75, 3.05) is 33.1 Å². The van der Waals surface area contributed by atoms with Crippen molar-refractivity contribution in [1.82, 2.24) is 15.8 Å². The Balaban J connectivity index is 2.28. The summed E-state index contributed by atoms with van der Waals surface area (Å²) in [4.78, 5) is 26.9. The molecule has 6 nitrogen and oxygen atoms in total. The largest absolute Gasteiger partial charge is 0.378 e. The second-order valence-corrected chi connectivity index (χ2v) is 6.20. The van der Waals surface area contributed by atoms with Gasteiger partial charge in [0.2, 0.25) is 0 Å². The first-order valence-corrected chi connectivity index (χ1v) is 8.20. The summed E-state index contributed by atoms with van der Waals surface area (Å²) >= 11 is 0. The predicted octanol–water partition coefficient (Wildman–Crippen LogP) is 2.12. The van der Waals surface area contributed by atoms with Gasteiger partial charge in [-0.05, 0) is 35.9 Å². The minimum Gasteiger partial charge on any atom is -0.378 e. The van der Waals surface area contributed by atoms with Gasteiger partial charge in [0.1, 0.15) is 5.70 Å². The molecule has 0 unspecified atom stereocenters. The average Bonchev–Trinajstić information content (AvgIpc) is 2.61. The summed E-state index contributed by atoms with van der Waals surface area (Å²) in [6.45, 7) is 0. The monoisotopic (exact) mass is 352 g/mol. The number of benzene rings is 2. The van der Waals surface area contributed by atoms with E-state index in [-0.39, 0.29) is 11.6 Å². The smallest absolute Gasteiger partial charge is 0.282 e. The molecule has 0 radical (unpaired) electrons. The highest BCUT2D eigenvalue weighted by Gasteiger charge is 2.15. The van der Waals surface area contributed by atoms with E-state index >= 15 is 0 Å². The molecule has 0 aromatic heterocycles. The molecule has 6 heteroatoms. The summed E-state index contributed by atoms with van der Waals surface area (Å²) in [6, 6.07) is 16.5. The van der Waals surface area contributed by atoms with Gasteiger partial charge in [-0.15, -0.1) is 0 Å². The van der Waals surface area contributed by atoms with Gasteiger partial charge in [-0.1, -0.05) is 30.3 Å². The molecule has 2 N–H and O–H groups in total. The number of nitrogens with one attached hydrogen (secondary N) is 2. The summed E-state index contributed by atoms with van der Waals surface area (Å²) in [5.74, 6) is -0.730. The molecule has 2 aromatic rings. The van der Waals surface area contributed by atoms with E-state index in [4.69, 9.17) is 0 Å².